The second-order valence-corrected chi connectivity index (χ2v) is 9.87. The van der Waals surface area contributed by atoms with Crippen molar-refractivity contribution in [2.75, 3.05) is 19.6 Å². The first-order chi connectivity index (χ1) is 12.8. The van der Waals surface area contributed by atoms with Crippen molar-refractivity contribution in [3.8, 4) is 0 Å². The van der Waals surface area contributed by atoms with E-state index in [1.165, 1.54) is 63.6 Å². The number of likely N-dealkylation sites (tertiary alicyclic amines) is 2. The molecule has 5 heteroatoms. The SMILES string of the molecule is Cl.O=C(C1CCCC1)N1C[C@@H](c2ccsc2)[C@@H]2CN(C3CCCC3)CC[C@@H]21. The molecule has 0 radical (unpaired) electrons. The van der Waals surface area contributed by atoms with Crippen molar-refractivity contribution >= 4 is 29.7 Å². The maximum atomic E-state index is 13.3. The van der Waals surface area contributed by atoms with Gasteiger partial charge in [0, 0.05) is 49.5 Å². The van der Waals surface area contributed by atoms with Crippen molar-refractivity contribution in [2.24, 2.45) is 11.8 Å². The molecule has 150 valence electrons. The predicted molar refractivity (Wildman–Crippen MR) is 114 cm³/mol. The number of carbonyl (C=O) groups excluding carboxylic acids is 1. The van der Waals surface area contributed by atoms with Crippen LogP contribution in [0.25, 0.3) is 0 Å². The molecule has 2 saturated carbocycles. The molecule has 2 aliphatic heterocycles. The lowest BCUT2D eigenvalue weighted by Gasteiger charge is -2.42. The number of nitrogens with zero attached hydrogens (tertiary/aromatic N) is 2. The van der Waals surface area contributed by atoms with Gasteiger partial charge in [0.15, 0.2) is 0 Å². The molecule has 0 spiro atoms. The normalized spacial score (nSPS) is 32.6. The van der Waals surface area contributed by atoms with Crippen molar-refractivity contribution in [2.45, 2.75) is 75.8 Å². The van der Waals surface area contributed by atoms with Gasteiger partial charge < -0.3 is 4.90 Å². The second-order valence-electron chi connectivity index (χ2n) is 9.09. The van der Waals surface area contributed by atoms with Crippen LogP contribution < -0.4 is 0 Å². The summed E-state index contributed by atoms with van der Waals surface area (Å²) >= 11 is 1.81. The van der Waals surface area contributed by atoms with Gasteiger partial charge in [0.25, 0.3) is 0 Å². The first-order valence-electron chi connectivity index (χ1n) is 10.9. The Hall–Kier alpha value is -0.580. The molecule has 1 aromatic rings. The molecule has 3 atom stereocenters. The topological polar surface area (TPSA) is 23.6 Å². The number of rotatable bonds is 3. The summed E-state index contributed by atoms with van der Waals surface area (Å²) in [6.45, 7) is 3.39. The average Bonchev–Trinajstić information content (AvgIpc) is 3.48. The van der Waals surface area contributed by atoms with Crippen molar-refractivity contribution in [3.05, 3.63) is 22.4 Å². The molecular formula is C22H33ClN2OS. The van der Waals surface area contributed by atoms with Crippen LogP contribution in [-0.2, 0) is 4.79 Å². The molecule has 4 fully saturated rings. The number of hydrogen-bond acceptors (Lipinski definition) is 3. The van der Waals surface area contributed by atoms with Gasteiger partial charge in [-0.2, -0.15) is 11.3 Å². The smallest absolute Gasteiger partial charge is 0.225 e. The molecule has 1 aromatic heterocycles. The van der Waals surface area contributed by atoms with Crippen molar-refractivity contribution < 1.29 is 4.79 Å². The van der Waals surface area contributed by atoms with E-state index in [9.17, 15) is 4.79 Å². The van der Waals surface area contributed by atoms with E-state index in [0.29, 0.717) is 29.7 Å². The minimum atomic E-state index is 0. The van der Waals surface area contributed by atoms with Gasteiger partial charge in [0.05, 0.1) is 0 Å². The Morgan fingerprint density at radius 2 is 1.74 bits per heavy atom. The second kappa shape index (κ2) is 8.42. The molecule has 0 bridgehead atoms. The van der Waals surface area contributed by atoms with Crippen LogP contribution in [-0.4, -0.2) is 47.4 Å². The van der Waals surface area contributed by atoms with Crippen LogP contribution in [0.2, 0.25) is 0 Å². The fraction of sp³-hybridized carbons (Fsp3) is 0.773. The average molecular weight is 409 g/mol. The van der Waals surface area contributed by atoms with Gasteiger partial charge in [-0.25, -0.2) is 0 Å². The number of amides is 1. The Labute approximate surface area is 173 Å². The monoisotopic (exact) mass is 408 g/mol. The summed E-state index contributed by atoms with van der Waals surface area (Å²) in [6, 6.07) is 3.62. The number of carbonyl (C=O) groups is 1. The first kappa shape index (κ1) is 19.7. The summed E-state index contributed by atoms with van der Waals surface area (Å²) in [5, 5.41) is 4.54. The van der Waals surface area contributed by atoms with E-state index in [2.05, 4.69) is 26.6 Å². The molecular weight excluding hydrogens is 376 g/mol. The molecule has 5 rings (SSSR count). The first-order valence-corrected chi connectivity index (χ1v) is 11.8. The van der Waals surface area contributed by atoms with Crippen molar-refractivity contribution in [3.63, 3.8) is 0 Å². The number of hydrogen-bond donors (Lipinski definition) is 0. The highest BCUT2D eigenvalue weighted by molar-refractivity contribution is 7.08. The standard InChI is InChI=1S/C22H32N2OS.ClH/c25-22(16-5-1-2-6-16)24-14-19(17-10-12-26-15-17)20-13-23(11-9-21(20)24)18-7-3-4-8-18;/h10,12,15-16,18-21H,1-9,11,13-14H2;1H/t19-,20-,21-;/m0./s1. The lowest BCUT2D eigenvalue weighted by atomic mass is 9.82. The molecule has 3 heterocycles. The van der Waals surface area contributed by atoms with Crippen LogP contribution >= 0.6 is 23.7 Å². The van der Waals surface area contributed by atoms with Gasteiger partial charge in [-0.05, 0) is 54.5 Å². The lowest BCUT2D eigenvalue weighted by molar-refractivity contribution is -0.137. The molecule has 0 aromatic carbocycles. The number of piperidine rings is 1. The number of fused-ring (bicyclic) bond motifs is 1. The summed E-state index contributed by atoms with van der Waals surface area (Å²) in [7, 11) is 0. The van der Waals surface area contributed by atoms with Gasteiger partial charge in [-0.1, -0.05) is 25.7 Å². The summed E-state index contributed by atoms with van der Waals surface area (Å²) in [6.07, 6.45) is 11.6. The maximum Gasteiger partial charge on any atom is 0.225 e. The zero-order valence-electron chi connectivity index (χ0n) is 16.2. The highest BCUT2D eigenvalue weighted by atomic mass is 35.5. The Balaban J connectivity index is 0.00000180. The fourth-order valence-corrected chi connectivity index (χ4v) is 7.09. The number of thiophene rings is 1. The van der Waals surface area contributed by atoms with E-state index in [1.807, 2.05) is 11.3 Å². The lowest BCUT2D eigenvalue weighted by Crippen LogP contribution is -2.51. The Morgan fingerprint density at radius 3 is 2.44 bits per heavy atom. The van der Waals surface area contributed by atoms with Crippen LogP contribution in [0.1, 0.15) is 69.3 Å². The molecule has 2 saturated heterocycles. The predicted octanol–water partition coefficient (Wildman–Crippen LogP) is 4.92. The van der Waals surface area contributed by atoms with Crippen LogP contribution in [0.4, 0.5) is 0 Å². The van der Waals surface area contributed by atoms with Gasteiger partial charge in [0.2, 0.25) is 5.91 Å². The highest BCUT2D eigenvalue weighted by Crippen LogP contribution is 2.44. The maximum absolute atomic E-state index is 13.3. The number of halogens is 1. The van der Waals surface area contributed by atoms with E-state index in [4.69, 9.17) is 0 Å². The Kier molecular flexibility index (Phi) is 6.15. The summed E-state index contributed by atoms with van der Waals surface area (Å²) < 4.78 is 0. The van der Waals surface area contributed by atoms with Crippen LogP contribution in [0.3, 0.4) is 0 Å². The zero-order chi connectivity index (χ0) is 17.5. The van der Waals surface area contributed by atoms with Crippen LogP contribution in [0.15, 0.2) is 16.8 Å². The summed E-state index contributed by atoms with van der Waals surface area (Å²) in [5.41, 5.74) is 1.49. The molecule has 1 amide bonds. The molecule has 3 nitrogen and oxygen atoms in total. The Bertz CT molecular complexity index is 624. The zero-order valence-corrected chi connectivity index (χ0v) is 17.9. The van der Waals surface area contributed by atoms with Gasteiger partial charge >= 0.3 is 0 Å². The van der Waals surface area contributed by atoms with E-state index < -0.39 is 0 Å². The molecule has 27 heavy (non-hydrogen) atoms. The molecule has 0 N–H and O–H groups in total. The Morgan fingerprint density at radius 1 is 1.00 bits per heavy atom. The third-order valence-corrected chi connectivity index (χ3v) is 8.46. The van der Waals surface area contributed by atoms with Gasteiger partial charge in [0.1, 0.15) is 0 Å². The summed E-state index contributed by atoms with van der Waals surface area (Å²) in [4.78, 5) is 18.4. The largest absolute Gasteiger partial charge is 0.338 e. The third kappa shape index (κ3) is 3.70. The van der Waals surface area contributed by atoms with Crippen LogP contribution in [0.5, 0.6) is 0 Å². The van der Waals surface area contributed by atoms with E-state index in [0.717, 1.165) is 25.4 Å². The van der Waals surface area contributed by atoms with Crippen molar-refractivity contribution in [1.29, 1.82) is 0 Å². The molecule has 0 unspecified atom stereocenters. The third-order valence-electron chi connectivity index (χ3n) is 7.76. The molecule has 2 aliphatic carbocycles. The van der Waals surface area contributed by atoms with Gasteiger partial charge in [-0.15, -0.1) is 12.4 Å². The minimum absolute atomic E-state index is 0. The van der Waals surface area contributed by atoms with Crippen LogP contribution in [0, 0.1) is 11.8 Å². The highest BCUT2D eigenvalue weighted by Gasteiger charge is 2.49. The quantitative estimate of drug-likeness (QED) is 0.708. The van der Waals surface area contributed by atoms with E-state index in [-0.39, 0.29) is 12.4 Å². The van der Waals surface area contributed by atoms with Crippen molar-refractivity contribution in [1.82, 2.24) is 9.80 Å². The van der Waals surface area contributed by atoms with E-state index in [1.54, 1.807) is 0 Å². The fourth-order valence-electron chi connectivity index (χ4n) is 6.36. The minimum Gasteiger partial charge on any atom is -0.338 e. The van der Waals surface area contributed by atoms with Gasteiger partial charge in [-0.3, -0.25) is 9.69 Å². The summed E-state index contributed by atoms with van der Waals surface area (Å²) in [5.74, 6) is 2.01. The van der Waals surface area contributed by atoms with E-state index >= 15 is 0 Å². The molecule has 4 aliphatic rings.